The number of aromatic nitrogens is 2. The first-order valence-electron chi connectivity index (χ1n) is 7.57. The van der Waals surface area contributed by atoms with Crippen molar-refractivity contribution in [3.05, 3.63) is 11.7 Å². The van der Waals surface area contributed by atoms with Gasteiger partial charge in [-0.25, -0.2) is 0 Å². The van der Waals surface area contributed by atoms with Gasteiger partial charge in [0, 0.05) is 32.7 Å². The number of ether oxygens (including phenoxy) is 2. The first kappa shape index (κ1) is 14.9. The van der Waals surface area contributed by atoms with E-state index < -0.39 is 0 Å². The standard InChI is InChI=1S/C14H23N3O4/c1-19-4-2-13-15-14(21-16-13)8-17-3-5-20-12-7-10(9-18)6-11(12)17/h10-12,18H,2-9H2,1H3/t10-,11+,12?/m1/s1. The molecule has 118 valence electrons. The molecule has 0 bridgehead atoms. The number of nitrogens with zero attached hydrogens (tertiary/aromatic N) is 3. The largest absolute Gasteiger partial charge is 0.396 e. The lowest BCUT2D eigenvalue weighted by atomic mass is 10.1. The monoisotopic (exact) mass is 297 g/mol. The van der Waals surface area contributed by atoms with E-state index in [0.717, 1.165) is 26.0 Å². The highest BCUT2D eigenvalue weighted by molar-refractivity contribution is 4.95. The van der Waals surface area contributed by atoms with Gasteiger partial charge in [0.25, 0.3) is 0 Å². The lowest BCUT2D eigenvalue weighted by Gasteiger charge is -2.36. The molecule has 2 fully saturated rings. The molecular weight excluding hydrogens is 274 g/mol. The number of hydrogen-bond donors (Lipinski definition) is 1. The molecule has 1 aliphatic heterocycles. The molecule has 3 rings (SSSR count). The summed E-state index contributed by atoms with van der Waals surface area (Å²) in [5.41, 5.74) is 0. The Morgan fingerprint density at radius 1 is 1.43 bits per heavy atom. The van der Waals surface area contributed by atoms with E-state index in [9.17, 15) is 5.11 Å². The number of rotatable bonds is 6. The van der Waals surface area contributed by atoms with E-state index in [0.29, 0.717) is 43.2 Å². The molecule has 1 saturated carbocycles. The summed E-state index contributed by atoms with van der Waals surface area (Å²) in [5, 5.41) is 13.3. The Bertz CT molecular complexity index is 453. The maximum Gasteiger partial charge on any atom is 0.240 e. The Morgan fingerprint density at radius 3 is 3.14 bits per heavy atom. The Labute approximate surface area is 124 Å². The molecule has 1 aromatic heterocycles. The highest BCUT2D eigenvalue weighted by Gasteiger charge is 2.41. The topological polar surface area (TPSA) is 80.9 Å². The summed E-state index contributed by atoms with van der Waals surface area (Å²) in [7, 11) is 1.66. The fraction of sp³-hybridized carbons (Fsp3) is 0.857. The summed E-state index contributed by atoms with van der Waals surface area (Å²) < 4.78 is 16.2. The van der Waals surface area contributed by atoms with E-state index in [4.69, 9.17) is 14.0 Å². The van der Waals surface area contributed by atoms with Crippen LogP contribution in [0.3, 0.4) is 0 Å². The van der Waals surface area contributed by atoms with Gasteiger partial charge in [0.2, 0.25) is 5.89 Å². The number of morpholine rings is 1. The van der Waals surface area contributed by atoms with Crippen LogP contribution < -0.4 is 0 Å². The molecule has 7 nitrogen and oxygen atoms in total. The fourth-order valence-electron chi connectivity index (χ4n) is 3.29. The Balaban J connectivity index is 1.60. The quantitative estimate of drug-likeness (QED) is 0.805. The molecule has 1 aliphatic carbocycles. The summed E-state index contributed by atoms with van der Waals surface area (Å²) in [4.78, 5) is 6.75. The maximum absolute atomic E-state index is 9.35. The van der Waals surface area contributed by atoms with Crippen molar-refractivity contribution < 1.29 is 19.1 Å². The molecule has 1 unspecified atom stereocenters. The van der Waals surface area contributed by atoms with Gasteiger partial charge in [-0.05, 0) is 18.8 Å². The van der Waals surface area contributed by atoms with Crippen molar-refractivity contribution in [2.75, 3.05) is 33.5 Å². The van der Waals surface area contributed by atoms with Gasteiger partial charge in [-0.1, -0.05) is 5.16 Å². The Morgan fingerprint density at radius 2 is 2.33 bits per heavy atom. The molecule has 0 radical (unpaired) electrons. The van der Waals surface area contributed by atoms with Crippen LogP contribution in [-0.2, 0) is 22.4 Å². The third kappa shape index (κ3) is 3.42. The van der Waals surface area contributed by atoms with Crippen molar-refractivity contribution in [1.29, 1.82) is 0 Å². The van der Waals surface area contributed by atoms with Crippen LogP contribution in [-0.4, -0.2) is 65.8 Å². The number of methoxy groups -OCH3 is 1. The molecule has 21 heavy (non-hydrogen) atoms. The van der Waals surface area contributed by atoms with Crippen LogP contribution in [0.1, 0.15) is 24.6 Å². The van der Waals surface area contributed by atoms with Crippen LogP contribution in [0, 0.1) is 5.92 Å². The van der Waals surface area contributed by atoms with Gasteiger partial charge < -0.3 is 19.1 Å². The van der Waals surface area contributed by atoms with E-state index in [-0.39, 0.29) is 12.7 Å². The van der Waals surface area contributed by atoms with Gasteiger partial charge in [-0.3, -0.25) is 4.90 Å². The van der Waals surface area contributed by atoms with Crippen LogP contribution in [0.15, 0.2) is 4.52 Å². The molecule has 0 spiro atoms. The molecule has 1 N–H and O–H groups in total. The second-order valence-electron chi connectivity index (χ2n) is 5.81. The van der Waals surface area contributed by atoms with Crippen molar-refractivity contribution in [2.45, 2.75) is 38.0 Å². The van der Waals surface area contributed by atoms with Gasteiger partial charge in [0.15, 0.2) is 5.82 Å². The summed E-state index contributed by atoms with van der Waals surface area (Å²) in [6.07, 6.45) is 2.82. The normalized spacial score (nSPS) is 29.7. The molecule has 0 amide bonds. The van der Waals surface area contributed by atoms with E-state index in [1.165, 1.54) is 0 Å². The van der Waals surface area contributed by atoms with Crippen LogP contribution in [0.2, 0.25) is 0 Å². The van der Waals surface area contributed by atoms with Crippen molar-refractivity contribution in [2.24, 2.45) is 5.92 Å². The van der Waals surface area contributed by atoms with Crippen molar-refractivity contribution in [1.82, 2.24) is 15.0 Å². The maximum atomic E-state index is 9.35. The number of aliphatic hydroxyl groups excluding tert-OH is 1. The summed E-state index contributed by atoms with van der Waals surface area (Å²) in [6.45, 7) is 3.09. The van der Waals surface area contributed by atoms with E-state index in [1.54, 1.807) is 7.11 Å². The molecule has 1 saturated heterocycles. The Hall–Kier alpha value is -1.02. The highest BCUT2D eigenvalue weighted by Crippen LogP contribution is 2.34. The van der Waals surface area contributed by atoms with Gasteiger partial charge in [-0.15, -0.1) is 0 Å². The molecule has 1 aromatic rings. The minimum Gasteiger partial charge on any atom is -0.396 e. The summed E-state index contributed by atoms with van der Waals surface area (Å²) >= 11 is 0. The predicted molar refractivity (Wildman–Crippen MR) is 73.6 cm³/mol. The summed E-state index contributed by atoms with van der Waals surface area (Å²) in [5.74, 6) is 1.69. The van der Waals surface area contributed by atoms with Crippen LogP contribution in [0.4, 0.5) is 0 Å². The van der Waals surface area contributed by atoms with Crippen LogP contribution in [0.5, 0.6) is 0 Å². The first-order valence-corrected chi connectivity index (χ1v) is 7.57. The number of fused-ring (bicyclic) bond motifs is 1. The minimum atomic E-state index is 0.229. The summed E-state index contributed by atoms with van der Waals surface area (Å²) in [6, 6.07) is 0.352. The van der Waals surface area contributed by atoms with E-state index in [2.05, 4.69) is 15.0 Å². The minimum absolute atomic E-state index is 0.229. The van der Waals surface area contributed by atoms with Gasteiger partial charge in [-0.2, -0.15) is 4.98 Å². The molecule has 0 aromatic carbocycles. The van der Waals surface area contributed by atoms with Crippen LogP contribution >= 0.6 is 0 Å². The van der Waals surface area contributed by atoms with Crippen molar-refractivity contribution in [3.63, 3.8) is 0 Å². The molecular formula is C14H23N3O4. The van der Waals surface area contributed by atoms with Crippen molar-refractivity contribution >= 4 is 0 Å². The first-order chi connectivity index (χ1) is 10.3. The zero-order chi connectivity index (χ0) is 14.7. The van der Waals surface area contributed by atoms with Gasteiger partial charge >= 0.3 is 0 Å². The lowest BCUT2D eigenvalue weighted by Crippen LogP contribution is -2.47. The molecule has 2 aliphatic rings. The average molecular weight is 297 g/mol. The van der Waals surface area contributed by atoms with Gasteiger partial charge in [0.05, 0.1) is 25.9 Å². The molecule has 7 heteroatoms. The second kappa shape index (κ2) is 6.83. The molecule has 3 atom stereocenters. The lowest BCUT2D eigenvalue weighted by molar-refractivity contribution is -0.0617. The number of aliphatic hydroxyl groups is 1. The third-order valence-electron chi connectivity index (χ3n) is 4.39. The second-order valence-corrected chi connectivity index (χ2v) is 5.81. The predicted octanol–water partition coefficient (Wildman–Crippen LogP) is 0.230. The van der Waals surface area contributed by atoms with E-state index in [1.807, 2.05) is 0 Å². The van der Waals surface area contributed by atoms with Crippen LogP contribution in [0.25, 0.3) is 0 Å². The van der Waals surface area contributed by atoms with Gasteiger partial charge in [0.1, 0.15) is 0 Å². The fourth-order valence-corrected chi connectivity index (χ4v) is 3.29. The Kier molecular flexibility index (Phi) is 4.84. The zero-order valence-corrected chi connectivity index (χ0v) is 12.4. The molecule has 2 heterocycles. The van der Waals surface area contributed by atoms with Crippen molar-refractivity contribution in [3.8, 4) is 0 Å². The SMILES string of the molecule is COCCc1noc(CN2CCOC3C[C@H](CO)C[C@@H]32)n1. The average Bonchev–Trinajstić information content (AvgIpc) is 3.12. The van der Waals surface area contributed by atoms with E-state index >= 15 is 0 Å². The highest BCUT2D eigenvalue weighted by atomic mass is 16.5. The zero-order valence-electron chi connectivity index (χ0n) is 12.4. The smallest absolute Gasteiger partial charge is 0.240 e. The third-order valence-corrected chi connectivity index (χ3v) is 4.39. The number of hydrogen-bond acceptors (Lipinski definition) is 7.